The number of aromatic nitrogens is 2. The van der Waals surface area contributed by atoms with Gasteiger partial charge in [0.05, 0.1) is 5.69 Å². The summed E-state index contributed by atoms with van der Waals surface area (Å²) in [5, 5.41) is 12.1. The SMILES string of the molecule is O=C(Nc1cccc(F)c1)c1nnc(Nc2ccccc2F)o1. The maximum absolute atomic E-state index is 13.5. The minimum atomic E-state index is -0.704. The zero-order chi connectivity index (χ0) is 16.2. The lowest BCUT2D eigenvalue weighted by Crippen LogP contribution is -2.12. The molecule has 0 saturated heterocycles. The summed E-state index contributed by atoms with van der Waals surface area (Å²) in [5.41, 5.74) is 0.380. The van der Waals surface area contributed by atoms with Crippen molar-refractivity contribution in [3.05, 3.63) is 66.1 Å². The zero-order valence-electron chi connectivity index (χ0n) is 11.6. The number of nitrogens with one attached hydrogen (secondary N) is 2. The van der Waals surface area contributed by atoms with Crippen LogP contribution in [0, 0.1) is 11.6 Å². The summed E-state index contributed by atoms with van der Waals surface area (Å²) < 4.78 is 31.7. The smallest absolute Gasteiger partial charge is 0.320 e. The molecule has 3 rings (SSSR count). The number of hydrogen-bond acceptors (Lipinski definition) is 5. The molecule has 0 bridgehead atoms. The van der Waals surface area contributed by atoms with Gasteiger partial charge < -0.3 is 15.1 Å². The van der Waals surface area contributed by atoms with Gasteiger partial charge in [0.25, 0.3) is 0 Å². The van der Waals surface area contributed by atoms with Gasteiger partial charge in [-0.3, -0.25) is 4.79 Å². The van der Waals surface area contributed by atoms with Gasteiger partial charge in [-0.15, -0.1) is 5.10 Å². The maximum atomic E-state index is 13.5. The first-order valence-electron chi connectivity index (χ1n) is 6.54. The molecule has 2 aromatic carbocycles. The fourth-order valence-electron chi connectivity index (χ4n) is 1.79. The Morgan fingerprint density at radius 3 is 2.65 bits per heavy atom. The average molecular weight is 316 g/mol. The molecule has 6 nitrogen and oxygen atoms in total. The number of carbonyl (C=O) groups is 1. The number of para-hydroxylation sites is 1. The summed E-state index contributed by atoms with van der Waals surface area (Å²) >= 11 is 0. The maximum Gasteiger partial charge on any atom is 0.320 e. The van der Waals surface area contributed by atoms with E-state index in [0.717, 1.165) is 6.07 Å². The third kappa shape index (κ3) is 3.49. The lowest BCUT2D eigenvalue weighted by atomic mass is 10.3. The Morgan fingerprint density at radius 2 is 1.87 bits per heavy atom. The van der Waals surface area contributed by atoms with Gasteiger partial charge in [0.2, 0.25) is 0 Å². The summed E-state index contributed by atoms with van der Waals surface area (Å²) in [4.78, 5) is 11.9. The Balaban J connectivity index is 1.71. The third-order valence-corrected chi connectivity index (χ3v) is 2.82. The Kier molecular flexibility index (Phi) is 3.96. The molecule has 0 aliphatic heterocycles. The first kappa shape index (κ1) is 14.6. The number of hydrogen-bond donors (Lipinski definition) is 2. The van der Waals surface area contributed by atoms with Gasteiger partial charge in [-0.25, -0.2) is 8.78 Å². The van der Waals surface area contributed by atoms with Crippen molar-refractivity contribution in [2.45, 2.75) is 0 Å². The van der Waals surface area contributed by atoms with Crippen molar-refractivity contribution in [2.24, 2.45) is 0 Å². The van der Waals surface area contributed by atoms with Crippen molar-refractivity contribution in [1.29, 1.82) is 0 Å². The number of halogens is 2. The van der Waals surface area contributed by atoms with Crippen LogP contribution in [0.1, 0.15) is 10.7 Å². The van der Waals surface area contributed by atoms with Gasteiger partial charge in [-0.05, 0) is 30.3 Å². The van der Waals surface area contributed by atoms with Crippen molar-refractivity contribution < 1.29 is 18.0 Å². The molecule has 0 aliphatic rings. The lowest BCUT2D eigenvalue weighted by Gasteiger charge is -2.02. The minimum absolute atomic E-state index is 0.133. The van der Waals surface area contributed by atoms with Crippen LogP contribution in [0.4, 0.5) is 26.2 Å². The molecule has 23 heavy (non-hydrogen) atoms. The second-order valence-electron chi connectivity index (χ2n) is 4.48. The molecule has 116 valence electrons. The Morgan fingerprint density at radius 1 is 1.04 bits per heavy atom. The number of nitrogens with zero attached hydrogens (tertiary/aromatic N) is 2. The predicted molar refractivity (Wildman–Crippen MR) is 78.3 cm³/mol. The first-order chi connectivity index (χ1) is 11.1. The molecule has 0 aliphatic carbocycles. The fraction of sp³-hybridized carbons (Fsp3) is 0. The molecular formula is C15H10F2N4O2. The predicted octanol–water partition coefficient (Wildman–Crippen LogP) is 3.34. The van der Waals surface area contributed by atoms with E-state index in [4.69, 9.17) is 4.42 Å². The van der Waals surface area contributed by atoms with Crippen LogP contribution in [0.2, 0.25) is 0 Å². The fourth-order valence-corrected chi connectivity index (χ4v) is 1.79. The second kappa shape index (κ2) is 6.22. The van der Waals surface area contributed by atoms with E-state index >= 15 is 0 Å². The highest BCUT2D eigenvalue weighted by molar-refractivity contribution is 6.00. The monoisotopic (exact) mass is 316 g/mol. The van der Waals surface area contributed by atoms with Gasteiger partial charge in [-0.2, -0.15) is 0 Å². The summed E-state index contributed by atoms with van der Waals surface area (Å²) in [6, 6.07) is 11.1. The summed E-state index contributed by atoms with van der Waals surface area (Å²) in [7, 11) is 0. The normalized spacial score (nSPS) is 10.3. The van der Waals surface area contributed by atoms with Crippen molar-refractivity contribution in [2.75, 3.05) is 10.6 Å². The molecule has 0 saturated carbocycles. The third-order valence-electron chi connectivity index (χ3n) is 2.82. The summed E-state index contributed by atoms with van der Waals surface area (Å²) in [5.74, 6) is -2.04. The molecule has 8 heteroatoms. The summed E-state index contributed by atoms with van der Waals surface area (Å²) in [6.07, 6.45) is 0. The Labute approximate surface area is 129 Å². The Bertz CT molecular complexity index is 851. The highest BCUT2D eigenvalue weighted by Gasteiger charge is 2.16. The van der Waals surface area contributed by atoms with Crippen molar-refractivity contribution in [1.82, 2.24) is 10.2 Å². The zero-order valence-corrected chi connectivity index (χ0v) is 11.6. The van der Waals surface area contributed by atoms with Crippen LogP contribution >= 0.6 is 0 Å². The van der Waals surface area contributed by atoms with E-state index in [1.54, 1.807) is 6.07 Å². The van der Waals surface area contributed by atoms with Gasteiger partial charge in [0.1, 0.15) is 11.6 Å². The van der Waals surface area contributed by atoms with Crippen LogP contribution in [0.3, 0.4) is 0 Å². The van der Waals surface area contributed by atoms with E-state index in [1.165, 1.54) is 36.4 Å². The van der Waals surface area contributed by atoms with Crippen molar-refractivity contribution >= 4 is 23.3 Å². The van der Waals surface area contributed by atoms with E-state index in [1.807, 2.05) is 0 Å². The van der Waals surface area contributed by atoms with E-state index in [2.05, 4.69) is 20.8 Å². The number of amides is 1. The molecule has 1 amide bonds. The van der Waals surface area contributed by atoms with Crippen LogP contribution in [0.25, 0.3) is 0 Å². The molecule has 0 radical (unpaired) electrons. The number of carbonyl (C=O) groups excluding carboxylic acids is 1. The summed E-state index contributed by atoms with van der Waals surface area (Å²) in [6.45, 7) is 0. The quantitative estimate of drug-likeness (QED) is 0.771. The Hall–Kier alpha value is -3.29. The van der Waals surface area contributed by atoms with Crippen LogP contribution < -0.4 is 10.6 Å². The molecular weight excluding hydrogens is 306 g/mol. The number of anilines is 3. The largest absolute Gasteiger partial charge is 0.399 e. The van der Waals surface area contributed by atoms with E-state index < -0.39 is 17.5 Å². The standard InChI is InChI=1S/C15H10F2N4O2/c16-9-4-3-5-10(8-9)18-13(22)14-20-21-15(23-14)19-12-7-2-1-6-11(12)17/h1-8H,(H,18,22)(H,19,21). The first-order valence-corrected chi connectivity index (χ1v) is 6.54. The lowest BCUT2D eigenvalue weighted by molar-refractivity contribution is 0.0991. The van der Waals surface area contributed by atoms with Crippen LogP contribution in [0.15, 0.2) is 52.9 Å². The van der Waals surface area contributed by atoms with Crippen molar-refractivity contribution in [3.8, 4) is 0 Å². The molecule has 0 fully saturated rings. The van der Waals surface area contributed by atoms with Crippen LogP contribution in [-0.4, -0.2) is 16.1 Å². The van der Waals surface area contributed by atoms with E-state index in [-0.39, 0.29) is 23.3 Å². The van der Waals surface area contributed by atoms with Gasteiger partial charge in [-0.1, -0.05) is 23.3 Å². The van der Waals surface area contributed by atoms with Gasteiger partial charge in [0.15, 0.2) is 0 Å². The highest BCUT2D eigenvalue weighted by atomic mass is 19.1. The topological polar surface area (TPSA) is 80.0 Å². The highest BCUT2D eigenvalue weighted by Crippen LogP contribution is 2.19. The molecule has 1 aromatic heterocycles. The molecule has 2 N–H and O–H groups in total. The average Bonchev–Trinajstić information content (AvgIpc) is 2.98. The number of rotatable bonds is 4. The van der Waals surface area contributed by atoms with Gasteiger partial charge >= 0.3 is 17.8 Å². The van der Waals surface area contributed by atoms with Crippen LogP contribution in [-0.2, 0) is 0 Å². The molecule has 0 unspecified atom stereocenters. The molecule has 0 spiro atoms. The van der Waals surface area contributed by atoms with E-state index in [9.17, 15) is 13.6 Å². The second-order valence-corrected chi connectivity index (χ2v) is 4.48. The number of benzene rings is 2. The molecule has 1 heterocycles. The molecule has 3 aromatic rings. The molecule has 0 atom stereocenters. The van der Waals surface area contributed by atoms with Crippen molar-refractivity contribution in [3.63, 3.8) is 0 Å². The minimum Gasteiger partial charge on any atom is -0.399 e. The van der Waals surface area contributed by atoms with E-state index in [0.29, 0.717) is 0 Å². The van der Waals surface area contributed by atoms with Crippen LogP contribution in [0.5, 0.6) is 0 Å². The van der Waals surface area contributed by atoms with Gasteiger partial charge in [0, 0.05) is 5.69 Å².